The second-order valence-corrected chi connectivity index (χ2v) is 6.99. The predicted octanol–water partition coefficient (Wildman–Crippen LogP) is 5.23. The molecule has 0 fully saturated rings. The van der Waals surface area contributed by atoms with E-state index < -0.39 is 0 Å². The third-order valence-corrected chi connectivity index (χ3v) is 4.93. The van der Waals surface area contributed by atoms with Crippen molar-refractivity contribution < 1.29 is 19.8 Å². The van der Waals surface area contributed by atoms with Crippen molar-refractivity contribution in [3.63, 3.8) is 0 Å². The first-order chi connectivity index (χ1) is 13.4. The van der Waals surface area contributed by atoms with Crippen molar-refractivity contribution >= 4 is 22.8 Å². The number of aliphatic hydroxyl groups excluding tert-OH is 1. The molecule has 1 aliphatic carbocycles. The van der Waals surface area contributed by atoms with E-state index in [0.29, 0.717) is 23.8 Å². The van der Waals surface area contributed by atoms with Crippen LogP contribution in [-0.2, 0) is 6.42 Å². The average Bonchev–Trinajstić information content (AvgIpc) is 2.70. The summed E-state index contributed by atoms with van der Waals surface area (Å²) in [5, 5.41) is 20.3. The minimum Gasteiger partial charge on any atom is -0.515 e. The Hall–Kier alpha value is -3.40. The van der Waals surface area contributed by atoms with Gasteiger partial charge in [0.15, 0.2) is 12.1 Å². The number of carbonyl (C=O) groups is 2. The molecule has 0 amide bonds. The van der Waals surface area contributed by atoms with Crippen molar-refractivity contribution in [1.29, 1.82) is 0 Å². The Morgan fingerprint density at radius 2 is 1.61 bits per heavy atom. The van der Waals surface area contributed by atoms with Crippen molar-refractivity contribution in [1.82, 2.24) is 0 Å². The van der Waals surface area contributed by atoms with Gasteiger partial charge in [0, 0.05) is 16.5 Å². The van der Waals surface area contributed by atoms with Crippen molar-refractivity contribution in [3.8, 4) is 5.75 Å². The number of benzene rings is 3. The lowest BCUT2D eigenvalue weighted by Gasteiger charge is -2.16. The molecule has 1 aliphatic rings. The summed E-state index contributed by atoms with van der Waals surface area (Å²) in [5.74, 6) is 0.0404. The molecule has 142 valence electrons. The first kappa shape index (κ1) is 19.4. The summed E-state index contributed by atoms with van der Waals surface area (Å²) in [5.41, 5.74) is 4.83. The Morgan fingerprint density at radius 1 is 0.929 bits per heavy atom. The van der Waals surface area contributed by atoms with E-state index in [9.17, 15) is 14.7 Å². The van der Waals surface area contributed by atoms with E-state index in [1.54, 1.807) is 6.07 Å². The molecule has 0 radical (unpaired) electrons. The molecule has 2 N–H and O–H groups in total. The monoisotopic (exact) mass is 374 g/mol. The molecule has 0 heterocycles. The Morgan fingerprint density at radius 3 is 2.32 bits per heavy atom. The molecule has 4 rings (SSSR count). The van der Waals surface area contributed by atoms with Crippen LogP contribution in [-0.4, -0.2) is 22.3 Å². The Kier molecular flexibility index (Phi) is 5.59. The first-order valence-corrected chi connectivity index (χ1v) is 9.09. The minimum atomic E-state index is -0.0301. The lowest BCUT2D eigenvalue weighted by molar-refractivity contribution is 0.102. The highest BCUT2D eigenvalue weighted by Gasteiger charge is 2.21. The number of aromatic hydroxyl groups is 1. The van der Waals surface area contributed by atoms with Gasteiger partial charge in [-0.25, -0.2) is 0 Å². The quantitative estimate of drug-likeness (QED) is 0.347. The number of hydrogen-bond donors (Lipinski definition) is 2. The van der Waals surface area contributed by atoms with Gasteiger partial charge in [0.1, 0.15) is 5.75 Å². The molecule has 28 heavy (non-hydrogen) atoms. The fourth-order valence-corrected chi connectivity index (χ4v) is 3.33. The van der Waals surface area contributed by atoms with Crippen molar-refractivity contribution in [2.45, 2.75) is 26.7 Å². The zero-order valence-electron chi connectivity index (χ0n) is 15.9. The lowest BCUT2D eigenvalue weighted by atomic mass is 9.86. The molecule has 4 heteroatoms. The molecule has 0 spiro atoms. The molecule has 0 saturated carbocycles. The van der Waals surface area contributed by atoms with E-state index in [4.69, 9.17) is 5.11 Å². The summed E-state index contributed by atoms with van der Waals surface area (Å²) in [6.07, 6.45) is 3.09. The number of rotatable bonds is 1. The van der Waals surface area contributed by atoms with Crippen LogP contribution in [0.2, 0.25) is 0 Å². The number of aldehydes is 1. The van der Waals surface area contributed by atoms with Gasteiger partial charge in [0.25, 0.3) is 0 Å². The average molecular weight is 374 g/mol. The highest BCUT2D eigenvalue weighted by Crippen LogP contribution is 2.28. The van der Waals surface area contributed by atoms with Crippen LogP contribution in [0.3, 0.4) is 0 Å². The number of aliphatic hydroxyl groups is 1. The van der Waals surface area contributed by atoms with E-state index in [-0.39, 0.29) is 11.5 Å². The molecule has 0 saturated heterocycles. The summed E-state index contributed by atoms with van der Waals surface area (Å²) in [6, 6.07) is 15.1. The van der Waals surface area contributed by atoms with Gasteiger partial charge in [-0.15, -0.1) is 0 Å². The Bertz CT molecular complexity index is 1090. The third-order valence-electron chi connectivity index (χ3n) is 4.93. The van der Waals surface area contributed by atoms with Crippen LogP contribution in [0.15, 0.2) is 60.4 Å². The summed E-state index contributed by atoms with van der Waals surface area (Å²) in [4.78, 5) is 22.4. The number of phenols is 1. The summed E-state index contributed by atoms with van der Waals surface area (Å²) in [6.45, 7) is 3.91. The van der Waals surface area contributed by atoms with E-state index in [2.05, 4.69) is 0 Å². The fourth-order valence-electron chi connectivity index (χ4n) is 3.33. The van der Waals surface area contributed by atoms with Gasteiger partial charge in [-0.05, 0) is 55.8 Å². The number of aryl methyl sites for hydroxylation is 3. The van der Waals surface area contributed by atoms with E-state index >= 15 is 0 Å². The normalized spacial score (nSPS) is 14.4. The van der Waals surface area contributed by atoms with Crippen LogP contribution in [0.5, 0.6) is 5.75 Å². The molecule has 0 bridgehead atoms. The number of ketones is 1. The van der Waals surface area contributed by atoms with Gasteiger partial charge in [-0.3, -0.25) is 9.59 Å². The van der Waals surface area contributed by atoms with E-state index in [1.807, 2.05) is 56.3 Å². The van der Waals surface area contributed by atoms with Gasteiger partial charge in [-0.1, -0.05) is 41.5 Å². The van der Waals surface area contributed by atoms with Crippen LogP contribution >= 0.6 is 0 Å². The van der Waals surface area contributed by atoms with E-state index in [0.717, 1.165) is 45.7 Å². The molecule has 0 unspecified atom stereocenters. The largest absolute Gasteiger partial charge is 0.515 e. The second-order valence-electron chi connectivity index (χ2n) is 6.99. The van der Waals surface area contributed by atoms with Crippen molar-refractivity contribution in [2.24, 2.45) is 0 Å². The highest BCUT2D eigenvalue weighted by atomic mass is 16.3. The number of carbonyl (C=O) groups excluding carboxylic acids is 2. The van der Waals surface area contributed by atoms with Crippen LogP contribution in [0.25, 0.3) is 10.8 Å². The van der Waals surface area contributed by atoms with Crippen LogP contribution in [0, 0.1) is 13.8 Å². The van der Waals surface area contributed by atoms with Crippen molar-refractivity contribution in [2.75, 3.05) is 0 Å². The molecule has 0 atom stereocenters. The lowest BCUT2D eigenvalue weighted by Crippen LogP contribution is -2.14. The van der Waals surface area contributed by atoms with Gasteiger partial charge in [0.2, 0.25) is 0 Å². The number of phenolic OH excluding ortho intramolecular Hbond substituents is 1. The van der Waals surface area contributed by atoms with Crippen molar-refractivity contribution in [3.05, 3.63) is 88.2 Å². The van der Waals surface area contributed by atoms with Crippen LogP contribution in [0.4, 0.5) is 0 Å². The summed E-state index contributed by atoms with van der Waals surface area (Å²) >= 11 is 0. The Balaban J connectivity index is 0.000000161. The molecule has 0 aliphatic heterocycles. The number of hydrogen-bond acceptors (Lipinski definition) is 4. The zero-order valence-corrected chi connectivity index (χ0v) is 15.9. The highest BCUT2D eigenvalue weighted by molar-refractivity contribution is 6.10. The van der Waals surface area contributed by atoms with Gasteiger partial charge >= 0.3 is 0 Å². The maximum Gasteiger partial charge on any atom is 0.192 e. The first-order valence-electron chi connectivity index (χ1n) is 9.09. The minimum absolute atomic E-state index is 0.0301. The SMILES string of the molecule is Cc1ccc2c(c1)C(=O)C(=CO)CC2.Cc1ccc2ccc(C=O)c(O)c2c1. The van der Waals surface area contributed by atoms with Gasteiger partial charge in [-0.2, -0.15) is 0 Å². The second kappa shape index (κ2) is 8.09. The Labute approximate surface area is 163 Å². The third kappa shape index (κ3) is 3.81. The number of fused-ring (bicyclic) bond motifs is 2. The van der Waals surface area contributed by atoms with Gasteiger partial charge in [0.05, 0.1) is 11.8 Å². The maximum absolute atomic E-state index is 11.8. The number of allylic oxidation sites excluding steroid dienone is 1. The fraction of sp³-hybridized carbons (Fsp3) is 0.167. The molecule has 3 aromatic carbocycles. The van der Waals surface area contributed by atoms with Crippen LogP contribution < -0.4 is 0 Å². The summed E-state index contributed by atoms with van der Waals surface area (Å²) in [7, 11) is 0. The van der Waals surface area contributed by atoms with Gasteiger partial charge < -0.3 is 10.2 Å². The standard InChI is InChI=1S/C12H12O2.C12H10O2/c2*1-8-2-3-9-4-5-10(7-13)12(14)11(9)6-8/h2-3,6-7,13H,4-5H2,1H3;2-7,14H,1H3. The predicted molar refractivity (Wildman–Crippen MR) is 110 cm³/mol. The van der Waals surface area contributed by atoms with Crippen LogP contribution in [0.1, 0.15) is 43.8 Å². The molecule has 4 nitrogen and oxygen atoms in total. The molecule has 0 aromatic heterocycles. The molecular formula is C24H22O4. The summed E-state index contributed by atoms with van der Waals surface area (Å²) < 4.78 is 0. The maximum atomic E-state index is 11.8. The molecule has 3 aromatic rings. The smallest absolute Gasteiger partial charge is 0.192 e. The number of Topliss-reactive ketones (excluding diaryl/α,β-unsaturated/α-hetero) is 1. The topological polar surface area (TPSA) is 74.6 Å². The zero-order chi connectivity index (χ0) is 20.3. The van der Waals surface area contributed by atoms with E-state index in [1.165, 1.54) is 0 Å². The molecular weight excluding hydrogens is 352 g/mol.